The first kappa shape index (κ1) is 12.8. The van der Waals surface area contributed by atoms with Crippen LogP contribution in [0, 0.1) is 5.92 Å². The maximum atomic E-state index is 12.0. The molecule has 2 atom stereocenters. The van der Waals surface area contributed by atoms with Gasteiger partial charge in [-0.25, -0.2) is 0 Å². The van der Waals surface area contributed by atoms with Gasteiger partial charge in [-0.2, -0.15) is 21.6 Å². The number of rotatable bonds is 2. The summed E-state index contributed by atoms with van der Waals surface area (Å²) in [5.41, 5.74) is -5.32. The maximum absolute atomic E-state index is 12.0. The number of hydrogen-bond acceptors (Lipinski definition) is 3. The minimum atomic E-state index is -5.43. The zero-order valence-electron chi connectivity index (χ0n) is 8.25. The number of halogens is 3. The lowest BCUT2D eigenvalue weighted by Crippen LogP contribution is -2.34. The first-order valence-electron chi connectivity index (χ1n) is 4.73. The van der Waals surface area contributed by atoms with Gasteiger partial charge in [0.25, 0.3) is 0 Å². The molecule has 0 bridgehead atoms. The Labute approximate surface area is 86.7 Å². The topological polar surface area (TPSA) is 43.4 Å². The average Bonchev–Trinajstić information content (AvgIpc) is 2.06. The second-order valence-corrected chi connectivity index (χ2v) is 5.36. The highest BCUT2D eigenvalue weighted by molar-refractivity contribution is 7.87. The highest BCUT2D eigenvalue weighted by Crippen LogP contribution is 2.32. The summed E-state index contributed by atoms with van der Waals surface area (Å²) in [5.74, 6) is -0.143. The Kier molecular flexibility index (Phi) is 3.65. The fraction of sp³-hybridized carbons (Fsp3) is 1.00. The zero-order valence-corrected chi connectivity index (χ0v) is 9.07. The largest absolute Gasteiger partial charge is 0.523 e. The lowest BCUT2D eigenvalue weighted by molar-refractivity contribution is -0.0607. The van der Waals surface area contributed by atoms with Crippen LogP contribution < -0.4 is 0 Å². The quantitative estimate of drug-likeness (QED) is 0.555. The maximum Gasteiger partial charge on any atom is 0.523 e. The van der Waals surface area contributed by atoms with E-state index in [1.165, 1.54) is 0 Å². The molecular weight excluding hydrogens is 233 g/mol. The van der Waals surface area contributed by atoms with Crippen LogP contribution in [0.25, 0.3) is 0 Å². The van der Waals surface area contributed by atoms with Gasteiger partial charge in [-0.3, -0.25) is 4.18 Å². The molecule has 1 aliphatic rings. The summed E-state index contributed by atoms with van der Waals surface area (Å²) in [7, 11) is -5.43. The molecule has 0 heterocycles. The third kappa shape index (κ3) is 3.07. The van der Waals surface area contributed by atoms with E-state index in [0.29, 0.717) is 19.3 Å². The van der Waals surface area contributed by atoms with Crippen LogP contribution in [0.1, 0.15) is 32.6 Å². The molecule has 0 aromatic heterocycles. The van der Waals surface area contributed by atoms with E-state index in [1.54, 1.807) is 6.92 Å². The van der Waals surface area contributed by atoms with Crippen LogP contribution in [0.2, 0.25) is 0 Å². The summed E-state index contributed by atoms with van der Waals surface area (Å²) < 4.78 is 61.6. The van der Waals surface area contributed by atoms with Crippen molar-refractivity contribution in [2.75, 3.05) is 0 Å². The van der Waals surface area contributed by atoms with Crippen LogP contribution in [0.3, 0.4) is 0 Å². The van der Waals surface area contributed by atoms with Gasteiger partial charge in [-0.15, -0.1) is 0 Å². The Bertz CT molecular complexity index is 310. The third-order valence-corrected chi connectivity index (χ3v) is 3.63. The molecule has 1 saturated carbocycles. The molecule has 0 aromatic rings. The van der Waals surface area contributed by atoms with E-state index in [4.69, 9.17) is 0 Å². The van der Waals surface area contributed by atoms with Crippen LogP contribution in [0.15, 0.2) is 0 Å². The van der Waals surface area contributed by atoms with Crippen molar-refractivity contribution >= 4 is 10.1 Å². The van der Waals surface area contributed by atoms with Gasteiger partial charge in [-0.1, -0.05) is 19.8 Å². The Hall–Kier alpha value is -0.300. The normalized spacial score (nSPS) is 29.1. The fourth-order valence-electron chi connectivity index (χ4n) is 1.64. The summed E-state index contributed by atoms with van der Waals surface area (Å²) >= 11 is 0. The predicted molar refractivity (Wildman–Crippen MR) is 47.5 cm³/mol. The molecule has 1 rings (SSSR count). The van der Waals surface area contributed by atoms with E-state index in [2.05, 4.69) is 4.18 Å². The summed E-state index contributed by atoms with van der Waals surface area (Å²) in [4.78, 5) is 0. The van der Waals surface area contributed by atoms with Crippen molar-refractivity contribution < 1.29 is 25.8 Å². The molecule has 0 amide bonds. The van der Waals surface area contributed by atoms with Gasteiger partial charge in [-0.05, 0) is 18.8 Å². The standard InChI is InChI=1S/C8H13F3O3S/c1-6-4-2-3-5-7(6)14-15(12,13)8(9,10)11/h6-7H,2-5H2,1H3/t6-,7+/m1/s1. The first-order chi connectivity index (χ1) is 6.74. The monoisotopic (exact) mass is 246 g/mol. The first-order valence-corrected chi connectivity index (χ1v) is 6.14. The number of hydrogen-bond donors (Lipinski definition) is 0. The molecule has 0 radical (unpaired) electrons. The minimum absolute atomic E-state index is 0.143. The molecule has 7 heteroatoms. The van der Waals surface area contributed by atoms with E-state index in [1.807, 2.05) is 0 Å². The summed E-state index contributed by atoms with van der Waals surface area (Å²) in [6.45, 7) is 1.70. The second kappa shape index (κ2) is 4.29. The van der Waals surface area contributed by atoms with E-state index < -0.39 is 21.7 Å². The van der Waals surface area contributed by atoms with Crippen molar-refractivity contribution in [1.82, 2.24) is 0 Å². The van der Waals surface area contributed by atoms with Gasteiger partial charge in [0.2, 0.25) is 0 Å². The smallest absolute Gasteiger partial charge is 0.260 e. The van der Waals surface area contributed by atoms with E-state index >= 15 is 0 Å². The number of alkyl halides is 3. The summed E-state index contributed by atoms with van der Waals surface area (Å²) in [6.07, 6.45) is 1.87. The van der Waals surface area contributed by atoms with Crippen molar-refractivity contribution in [3.05, 3.63) is 0 Å². The van der Waals surface area contributed by atoms with Crippen LogP contribution in [0.5, 0.6) is 0 Å². The highest BCUT2D eigenvalue weighted by Gasteiger charge is 2.49. The summed E-state index contributed by atoms with van der Waals surface area (Å²) in [5, 5.41) is 0. The third-order valence-electron chi connectivity index (χ3n) is 2.57. The molecule has 0 aromatic carbocycles. The van der Waals surface area contributed by atoms with Crippen LogP contribution in [-0.2, 0) is 14.3 Å². The van der Waals surface area contributed by atoms with E-state index in [9.17, 15) is 21.6 Å². The van der Waals surface area contributed by atoms with Crippen molar-refractivity contribution in [3.8, 4) is 0 Å². The van der Waals surface area contributed by atoms with Crippen molar-refractivity contribution in [2.45, 2.75) is 44.2 Å². The SMILES string of the molecule is C[C@@H]1CCCC[C@@H]1OS(=O)(=O)C(F)(F)F. The van der Waals surface area contributed by atoms with Gasteiger partial charge in [0.15, 0.2) is 0 Å². The Morgan fingerprint density at radius 2 is 1.73 bits per heavy atom. The molecule has 15 heavy (non-hydrogen) atoms. The molecule has 0 spiro atoms. The Morgan fingerprint density at radius 3 is 2.20 bits per heavy atom. The van der Waals surface area contributed by atoms with Gasteiger partial charge in [0, 0.05) is 0 Å². The molecule has 1 aliphatic carbocycles. The summed E-state index contributed by atoms with van der Waals surface area (Å²) in [6, 6.07) is 0. The molecule has 0 N–H and O–H groups in total. The van der Waals surface area contributed by atoms with Gasteiger partial charge < -0.3 is 0 Å². The molecule has 0 aliphatic heterocycles. The minimum Gasteiger partial charge on any atom is -0.260 e. The van der Waals surface area contributed by atoms with Gasteiger partial charge >= 0.3 is 15.6 Å². The lowest BCUT2D eigenvalue weighted by atomic mass is 9.88. The van der Waals surface area contributed by atoms with Crippen molar-refractivity contribution in [2.24, 2.45) is 5.92 Å². The van der Waals surface area contributed by atoms with Crippen LogP contribution in [0.4, 0.5) is 13.2 Å². The zero-order chi connectivity index (χ0) is 11.7. The highest BCUT2D eigenvalue weighted by atomic mass is 32.2. The second-order valence-electron chi connectivity index (χ2n) is 3.80. The Morgan fingerprint density at radius 1 is 1.20 bits per heavy atom. The van der Waals surface area contributed by atoms with Gasteiger partial charge in [0.1, 0.15) is 0 Å². The van der Waals surface area contributed by atoms with Crippen LogP contribution >= 0.6 is 0 Å². The fourth-order valence-corrected chi connectivity index (χ4v) is 2.36. The Balaban J connectivity index is 2.69. The molecule has 0 saturated heterocycles. The molecule has 0 unspecified atom stereocenters. The molecule has 90 valence electrons. The predicted octanol–water partition coefficient (Wildman–Crippen LogP) is 2.43. The molecule has 3 nitrogen and oxygen atoms in total. The van der Waals surface area contributed by atoms with Crippen molar-refractivity contribution in [1.29, 1.82) is 0 Å². The lowest BCUT2D eigenvalue weighted by Gasteiger charge is -2.28. The average molecular weight is 246 g/mol. The molecule has 1 fully saturated rings. The van der Waals surface area contributed by atoms with Gasteiger partial charge in [0.05, 0.1) is 6.10 Å². The van der Waals surface area contributed by atoms with Crippen LogP contribution in [-0.4, -0.2) is 20.0 Å². The van der Waals surface area contributed by atoms with E-state index in [0.717, 1.165) is 6.42 Å². The van der Waals surface area contributed by atoms with E-state index in [-0.39, 0.29) is 5.92 Å². The molecular formula is C8H13F3O3S. The van der Waals surface area contributed by atoms with Crippen molar-refractivity contribution in [3.63, 3.8) is 0 Å².